The number of carbonyl (C=O) groups excluding carboxylic acids is 1. The van der Waals surface area contributed by atoms with Crippen LogP contribution >= 0.6 is 0 Å². The number of aryl methyl sites for hydroxylation is 2. The molecule has 0 aliphatic rings. The fourth-order valence-corrected chi connectivity index (χ4v) is 2.28. The van der Waals surface area contributed by atoms with E-state index in [0.717, 1.165) is 11.1 Å². The first kappa shape index (κ1) is 15.8. The SMILES string of the molecule is Cc1ccc(OC(=O)c2ccccc2Oc2ccccc2)cc1C. The van der Waals surface area contributed by atoms with E-state index in [2.05, 4.69) is 0 Å². The van der Waals surface area contributed by atoms with Crippen LogP contribution in [0.2, 0.25) is 0 Å². The molecule has 0 N–H and O–H groups in total. The molecule has 24 heavy (non-hydrogen) atoms. The third-order valence-electron chi connectivity index (χ3n) is 3.77. The number of esters is 1. The van der Waals surface area contributed by atoms with Gasteiger partial charge in [0.2, 0.25) is 0 Å². The largest absolute Gasteiger partial charge is 0.456 e. The standard InChI is InChI=1S/C21H18O3/c1-15-12-13-18(14-16(15)2)24-21(22)19-10-6-7-11-20(19)23-17-8-4-3-5-9-17/h3-14H,1-2H3. The molecule has 0 saturated carbocycles. The van der Waals surface area contributed by atoms with Gasteiger partial charge < -0.3 is 9.47 Å². The number of hydrogen-bond donors (Lipinski definition) is 0. The highest BCUT2D eigenvalue weighted by Gasteiger charge is 2.15. The third kappa shape index (κ3) is 3.63. The average molecular weight is 318 g/mol. The molecule has 0 fully saturated rings. The Balaban J connectivity index is 1.83. The summed E-state index contributed by atoms with van der Waals surface area (Å²) in [6.07, 6.45) is 0. The smallest absolute Gasteiger partial charge is 0.347 e. The second kappa shape index (κ2) is 7.01. The second-order valence-electron chi connectivity index (χ2n) is 5.55. The van der Waals surface area contributed by atoms with Crippen LogP contribution in [0.4, 0.5) is 0 Å². The van der Waals surface area contributed by atoms with E-state index < -0.39 is 5.97 Å². The van der Waals surface area contributed by atoms with Gasteiger partial charge in [-0.05, 0) is 61.4 Å². The topological polar surface area (TPSA) is 35.5 Å². The van der Waals surface area contributed by atoms with Crippen molar-refractivity contribution in [2.75, 3.05) is 0 Å². The Kier molecular flexibility index (Phi) is 4.62. The Morgan fingerprint density at radius 1 is 0.750 bits per heavy atom. The fraction of sp³-hybridized carbons (Fsp3) is 0.0952. The van der Waals surface area contributed by atoms with Crippen molar-refractivity contribution < 1.29 is 14.3 Å². The lowest BCUT2D eigenvalue weighted by Crippen LogP contribution is -2.10. The lowest BCUT2D eigenvalue weighted by Gasteiger charge is -2.11. The van der Waals surface area contributed by atoms with Crippen molar-refractivity contribution in [1.29, 1.82) is 0 Å². The van der Waals surface area contributed by atoms with Crippen molar-refractivity contribution in [3.8, 4) is 17.2 Å². The zero-order valence-electron chi connectivity index (χ0n) is 13.7. The molecular formula is C21H18O3. The number of para-hydroxylation sites is 2. The summed E-state index contributed by atoms with van der Waals surface area (Å²) in [5, 5.41) is 0. The minimum absolute atomic E-state index is 0.389. The number of carbonyl (C=O) groups is 1. The summed E-state index contributed by atoms with van der Waals surface area (Å²) < 4.78 is 11.3. The molecule has 3 aromatic carbocycles. The van der Waals surface area contributed by atoms with Gasteiger partial charge in [-0.25, -0.2) is 4.79 Å². The van der Waals surface area contributed by atoms with Gasteiger partial charge in [-0.15, -0.1) is 0 Å². The van der Waals surface area contributed by atoms with Crippen LogP contribution in [0, 0.1) is 13.8 Å². The van der Waals surface area contributed by atoms with E-state index >= 15 is 0 Å². The molecule has 0 unspecified atom stereocenters. The Morgan fingerprint density at radius 2 is 1.46 bits per heavy atom. The minimum Gasteiger partial charge on any atom is -0.456 e. The van der Waals surface area contributed by atoms with E-state index in [4.69, 9.17) is 9.47 Å². The predicted molar refractivity (Wildman–Crippen MR) is 93.8 cm³/mol. The molecule has 0 aliphatic heterocycles. The summed E-state index contributed by atoms with van der Waals surface area (Å²) in [5.41, 5.74) is 2.62. The van der Waals surface area contributed by atoms with Crippen LogP contribution in [-0.4, -0.2) is 5.97 Å². The van der Waals surface area contributed by atoms with Crippen molar-refractivity contribution in [2.24, 2.45) is 0 Å². The lowest BCUT2D eigenvalue weighted by molar-refractivity contribution is 0.0732. The normalized spacial score (nSPS) is 10.2. The zero-order valence-corrected chi connectivity index (χ0v) is 13.7. The van der Waals surface area contributed by atoms with Gasteiger partial charge in [0.25, 0.3) is 0 Å². The molecule has 3 aromatic rings. The summed E-state index contributed by atoms with van der Waals surface area (Å²) in [5.74, 6) is 1.23. The van der Waals surface area contributed by atoms with E-state index in [1.54, 1.807) is 24.3 Å². The Bertz CT molecular complexity index is 854. The van der Waals surface area contributed by atoms with E-state index in [9.17, 15) is 4.79 Å². The first-order valence-electron chi connectivity index (χ1n) is 7.75. The van der Waals surface area contributed by atoms with Crippen molar-refractivity contribution in [1.82, 2.24) is 0 Å². The molecule has 120 valence electrons. The first-order valence-corrected chi connectivity index (χ1v) is 7.75. The van der Waals surface area contributed by atoms with E-state index in [1.165, 1.54) is 0 Å². The molecule has 0 spiro atoms. The Hall–Kier alpha value is -3.07. The maximum absolute atomic E-state index is 12.5. The number of hydrogen-bond acceptors (Lipinski definition) is 3. The van der Waals surface area contributed by atoms with E-state index in [-0.39, 0.29) is 0 Å². The minimum atomic E-state index is -0.440. The van der Waals surface area contributed by atoms with Gasteiger partial charge in [0.15, 0.2) is 0 Å². The molecule has 0 aromatic heterocycles. The molecule has 0 radical (unpaired) electrons. The molecule has 3 heteroatoms. The maximum Gasteiger partial charge on any atom is 0.347 e. The van der Waals surface area contributed by atoms with Crippen molar-refractivity contribution in [2.45, 2.75) is 13.8 Å². The molecule has 0 bridgehead atoms. The van der Waals surface area contributed by atoms with Crippen LogP contribution in [-0.2, 0) is 0 Å². The molecule has 0 heterocycles. The molecule has 3 nitrogen and oxygen atoms in total. The summed E-state index contributed by atoms with van der Waals surface area (Å²) >= 11 is 0. The van der Waals surface area contributed by atoms with Crippen molar-refractivity contribution in [3.05, 3.63) is 89.5 Å². The van der Waals surface area contributed by atoms with Crippen molar-refractivity contribution in [3.63, 3.8) is 0 Å². The van der Waals surface area contributed by atoms with E-state index in [1.807, 2.05) is 62.4 Å². The van der Waals surface area contributed by atoms with Gasteiger partial charge in [-0.3, -0.25) is 0 Å². The lowest BCUT2D eigenvalue weighted by atomic mass is 10.1. The van der Waals surface area contributed by atoms with Crippen LogP contribution < -0.4 is 9.47 Å². The number of ether oxygens (including phenoxy) is 2. The molecular weight excluding hydrogens is 300 g/mol. The van der Waals surface area contributed by atoms with Gasteiger partial charge in [-0.1, -0.05) is 36.4 Å². The average Bonchev–Trinajstić information content (AvgIpc) is 2.59. The highest BCUT2D eigenvalue weighted by atomic mass is 16.5. The van der Waals surface area contributed by atoms with Crippen LogP contribution in [0.3, 0.4) is 0 Å². The van der Waals surface area contributed by atoms with Gasteiger partial charge >= 0.3 is 5.97 Å². The van der Waals surface area contributed by atoms with Gasteiger partial charge in [0.05, 0.1) is 0 Å². The fourth-order valence-electron chi connectivity index (χ4n) is 2.28. The van der Waals surface area contributed by atoms with Crippen LogP contribution in [0.1, 0.15) is 21.5 Å². The summed E-state index contributed by atoms with van der Waals surface area (Å²) in [4.78, 5) is 12.5. The Morgan fingerprint density at radius 3 is 2.21 bits per heavy atom. The molecule has 3 rings (SSSR count). The summed E-state index contributed by atoms with van der Waals surface area (Å²) in [6.45, 7) is 4.00. The molecule has 0 aliphatic carbocycles. The summed E-state index contributed by atoms with van der Waals surface area (Å²) in [6, 6.07) is 22.0. The predicted octanol–water partition coefficient (Wildman–Crippen LogP) is 5.31. The highest BCUT2D eigenvalue weighted by Crippen LogP contribution is 2.26. The monoisotopic (exact) mass is 318 g/mol. The molecule has 0 saturated heterocycles. The van der Waals surface area contributed by atoms with Crippen LogP contribution in [0.15, 0.2) is 72.8 Å². The highest BCUT2D eigenvalue weighted by molar-refractivity contribution is 5.94. The zero-order chi connectivity index (χ0) is 16.9. The molecule has 0 amide bonds. The number of benzene rings is 3. The number of rotatable bonds is 4. The Labute approximate surface area is 141 Å². The summed E-state index contributed by atoms with van der Waals surface area (Å²) in [7, 11) is 0. The van der Waals surface area contributed by atoms with Crippen molar-refractivity contribution >= 4 is 5.97 Å². The molecule has 0 atom stereocenters. The second-order valence-corrected chi connectivity index (χ2v) is 5.55. The van der Waals surface area contributed by atoms with Crippen LogP contribution in [0.5, 0.6) is 17.2 Å². The third-order valence-corrected chi connectivity index (χ3v) is 3.77. The maximum atomic E-state index is 12.5. The van der Waals surface area contributed by atoms with E-state index in [0.29, 0.717) is 22.8 Å². The quantitative estimate of drug-likeness (QED) is 0.483. The van der Waals surface area contributed by atoms with Crippen LogP contribution in [0.25, 0.3) is 0 Å². The first-order chi connectivity index (χ1) is 11.6. The van der Waals surface area contributed by atoms with Gasteiger partial charge in [0, 0.05) is 0 Å². The van der Waals surface area contributed by atoms with Gasteiger partial charge in [-0.2, -0.15) is 0 Å². The van der Waals surface area contributed by atoms with Gasteiger partial charge in [0.1, 0.15) is 22.8 Å².